The first-order valence-corrected chi connectivity index (χ1v) is 5.24. The van der Waals surface area contributed by atoms with Crippen LogP contribution >= 0.6 is 0 Å². The van der Waals surface area contributed by atoms with Crippen LogP contribution in [0.2, 0.25) is 0 Å². The standard InChI is InChI=1S/C11H18N2O2/c1-5-10(14)11(15-6-2)9-7-12-13(4)8(9)3/h7,11H,5-6H2,1-4H3. The van der Waals surface area contributed by atoms with E-state index in [0.717, 1.165) is 11.3 Å². The molecule has 4 heteroatoms. The average molecular weight is 210 g/mol. The largest absolute Gasteiger partial charge is 0.366 e. The van der Waals surface area contributed by atoms with Gasteiger partial charge in [-0.2, -0.15) is 5.10 Å². The van der Waals surface area contributed by atoms with Crippen LogP contribution in [0.3, 0.4) is 0 Å². The molecule has 0 N–H and O–H groups in total. The zero-order chi connectivity index (χ0) is 11.4. The fourth-order valence-corrected chi connectivity index (χ4v) is 1.48. The number of Topliss-reactive ketones (excluding diaryl/α,β-unsaturated/α-hetero) is 1. The van der Waals surface area contributed by atoms with Gasteiger partial charge in [-0.05, 0) is 13.8 Å². The SMILES string of the molecule is CCOC(C(=O)CC)c1cnn(C)c1C. The summed E-state index contributed by atoms with van der Waals surface area (Å²) in [6, 6.07) is 0. The van der Waals surface area contributed by atoms with Crippen molar-refractivity contribution in [2.75, 3.05) is 6.61 Å². The molecule has 1 rings (SSSR count). The van der Waals surface area contributed by atoms with Gasteiger partial charge >= 0.3 is 0 Å². The van der Waals surface area contributed by atoms with Gasteiger partial charge in [0.2, 0.25) is 0 Å². The van der Waals surface area contributed by atoms with Crippen molar-refractivity contribution < 1.29 is 9.53 Å². The second-order valence-electron chi connectivity index (χ2n) is 3.46. The predicted octanol–water partition coefficient (Wildman–Crippen LogP) is 1.79. The molecule has 0 amide bonds. The molecule has 0 aliphatic carbocycles. The van der Waals surface area contributed by atoms with E-state index in [1.165, 1.54) is 0 Å². The van der Waals surface area contributed by atoms with E-state index in [4.69, 9.17) is 4.74 Å². The summed E-state index contributed by atoms with van der Waals surface area (Å²) in [5.74, 6) is 0.105. The fourth-order valence-electron chi connectivity index (χ4n) is 1.48. The molecule has 1 heterocycles. The lowest BCUT2D eigenvalue weighted by Crippen LogP contribution is -2.16. The van der Waals surface area contributed by atoms with Crippen molar-refractivity contribution in [2.45, 2.75) is 33.3 Å². The van der Waals surface area contributed by atoms with Crippen molar-refractivity contribution in [1.29, 1.82) is 0 Å². The first-order chi connectivity index (χ1) is 7.11. The Bertz CT molecular complexity index is 344. The van der Waals surface area contributed by atoms with Crippen LogP contribution < -0.4 is 0 Å². The lowest BCUT2D eigenvalue weighted by molar-refractivity contribution is -0.130. The molecule has 15 heavy (non-hydrogen) atoms. The number of rotatable bonds is 5. The van der Waals surface area contributed by atoms with Gasteiger partial charge in [-0.1, -0.05) is 6.92 Å². The Hall–Kier alpha value is -1.16. The number of aromatic nitrogens is 2. The molecule has 0 aliphatic heterocycles. The number of hydrogen-bond donors (Lipinski definition) is 0. The van der Waals surface area contributed by atoms with E-state index < -0.39 is 6.10 Å². The van der Waals surface area contributed by atoms with E-state index in [2.05, 4.69) is 5.10 Å². The van der Waals surface area contributed by atoms with Gasteiger partial charge in [0.05, 0.1) is 6.20 Å². The van der Waals surface area contributed by atoms with Crippen LogP contribution in [0.1, 0.15) is 37.6 Å². The van der Waals surface area contributed by atoms with E-state index in [0.29, 0.717) is 13.0 Å². The van der Waals surface area contributed by atoms with E-state index in [1.807, 2.05) is 27.8 Å². The zero-order valence-corrected chi connectivity index (χ0v) is 9.78. The smallest absolute Gasteiger partial charge is 0.165 e. The highest BCUT2D eigenvalue weighted by atomic mass is 16.5. The van der Waals surface area contributed by atoms with Gasteiger partial charge in [0.25, 0.3) is 0 Å². The van der Waals surface area contributed by atoms with Gasteiger partial charge < -0.3 is 4.74 Å². The number of hydrogen-bond acceptors (Lipinski definition) is 3. The Morgan fingerprint density at radius 2 is 2.27 bits per heavy atom. The number of carbonyl (C=O) groups excluding carboxylic acids is 1. The van der Waals surface area contributed by atoms with Crippen molar-refractivity contribution in [3.63, 3.8) is 0 Å². The third-order valence-corrected chi connectivity index (χ3v) is 2.53. The number of ether oxygens (including phenoxy) is 1. The highest BCUT2D eigenvalue weighted by Crippen LogP contribution is 2.22. The van der Waals surface area contributed by atoms with Crippen LogP contribution in [0.25, 0.3) is 0 Å². The minimum Gasteiger partial charge on any atom is -0.366 e. The maximum Gasteiger partial charge on any atom is 0.165 e. The topological polar surface area (TPSA) is 44.1 Å². The monoisotopic (exact) mass is 210 g/mol. The van der Waals surface area contributed by atoms with Crippen molar-refractivity contribution in [3.8, 4) is 0 Å². The molecule has 0 aliphatic rings. The van der Waals surface area contributed by atoms with Crippen LogP contribution in [-0.2, 0) is 16.6 Å². The molecule has 1 unspecified atom stereocenters. The molecule has 0 spiro atoms. The maximum absolute atomic E-state index is 11.7. The Morgan fingerprint density at radius 3 is 2.67 bits per heavy atom. The minimum absolute atomic E-state index is 0.105. The summed E-state index contributed by atoms with van der Waals surface area (Å²) in [4.78, 5) is 11.7. The molecule has 1 aromatic rings. The number of ketones is 1. The second-order valence-corrected chi connectivity index (χ2v) is 3.46. The van der Waals surface area contributed by atoms with E-state index in [-0.39, 0.29) is 5.78 Å². The summed E-state index contributed by atoms with van der Waals surface area (Å²) in [5.41, 5.74) is 1.86. The minimum atomic E-state index is -0.450. The van der Waals surface area contributed by atoms with Gasteiger partial charge in [0.1, 0.15) is 6.10 Å². The second kappa shape index (κ2) is 5.07. The fraction of sp³-hybridized carbons (Fsp3) is 0.636. The molecule has 0 aromatic carbocycles. The molecule has 4 nitrogen and oxygen atoms in total. The van der Waals surface area contributed by atoms with Crippen molar-refractivity contribution in [1.82, 2.24) is 9.78 Å². The first-order valence-electron chi connectivity index (χ1n) is 5.24. The summed E-state index contributed by atoms with van der Waals surface area (Å²) in [5, 5.41) is 4.12. The van der Waals surface area contributed by atoms with Crippen molar-refractivity contribution in [2.24, 2.45) is 7.05 Å². The molecule has 0 bridgehead atoms. The molecule has 0 saturated heterocycles. The Morgan fingerprint density at radius 1 is 1.60 bits per heavy atom. The molecule has 1 aromatic heterocycles. The summed E-state index contributed by atoms with van der Waals surface area (Å²) in [6.45, 7) is 6.21. The summed E-state index contributed by atoms with van der Waals surface area (Å²) >= 11 is 0. The molecule has 0 fully saturated rings. The molecule has 84 valence electrons. The number of nitrogens with zero attached hydrogens (tertiary/aromatic N) is 2. The van der Waals surface area contributed by atoms with Crippen LogP contribution in [0.4, 0.5) is 0 Å². The van der Waals surface area contributed by atoms with Crippen LogP contribution in [0.15, 0.2) is 6.20 Å². The van der Waals surface area contributed by atoms with Crippen molar-refractivity contribution in [3.05, 3.63) is 17.5 Å². The Kier molecular flexibility index (Phi) is 4.03. The molecule has 0 radical (unpaired) electrons. The highest BCUT2D eigenvalue weighted by molar-refractivity contribution is 5.84. The number of carbonyl (C=O) groups is 1. The molecule has 0 saturated carbocycles. The van der Waals surface area contributed by atoms with Gasteiger partial charge in [-0.3, -0.25) is 9.48 Å². The van der Waals surface area contributed by atoms with E-state index in [1.54, 1.807) is 10.9 Å². The zero-order valence-electron chi connectivity index (χ0n) is 9.78. The lowest BCUT2D eigenvalue weighted by Gasteiger charge is -2.14. The average Bonchev–Trinajstić information content (AvgIpc) is 2.56. The lowest BCUT2D eigenvalue weighted by atomic mass is 10.1. The van der Waals surface area contributed by atoms with E-state index in [9.17, 15) is 4.79 Å². The Balaban J connectivity index is 2.98. The van der Waals surface area contributed by atoms with Gasteiger partial charge in [-0.15, -0.1) is 0 Å². The van der Waals surface area contributed by atoms with Gasteiger partial charge in [0, 0.05) is 31.3 Å². The molecular formula is C11H18N2O2. The third-order valence-electron chi connectivity index (χ3n) is 2.53. The Labute approximate surface area is 90.2 Å². The summed E-state index contributed by atoms with van der Waals surface area (Å²) < 4.78 is 7.23. The first kappa shape index (κ1) is 11.9. The molecule has 1 atom stereocenters. The number of aryl methyl sites for hydroxylation is 1. The van der Waals surface area contributed by atoms with Gasteiger partial charge in [-0.25, -0.2) is 0 Å². The van der Waals surface area contributed by atoms with Crippen molar-refractivity contribution >= 4 is 5.78 Å². The maximum atomic E-state index is 11.7. The van der Waals surface area contributed by atoms with Crippen LogP contribution in [-0.4, -0.2) is 22.2 Å². The quantitative estimate of drug-likeness (QED) is 0.744. The van der Waals surface area contributed by atoms with Gasteiger partial charge in [0.15, 0.2) is 5.78 Å². The summed E-state index contributed by atoms with van der Waals surface area (Å²) in [6.07, 6.45) is 1.75. The molecular weight excluding hydrogens is 192 g/mol. The van der Waals surface area contributed by atoms with Crippen LogP contribution in [0.5, 0.6) is 0 Å². The normalized spacial score (nSPS) is 12.8. The predicted molar refractivity (Wildman–Crippen MR) is 57.6 cm³/mol. The van der Waals surface area contributed by atoms with Crippen LogP contribution in [0, 0.1) is 6.92 Å². The third kappa shape index (κ3) is 2.45. The summed E-state index contributed by atoms with van der Waals surface area (Å²) in [7, 11) is 1.86. The highest BCUT2D eigenvalue weighted by Gasteiger charge is 2.22. The van der Waals surface area contributed by atoms with E-state index >= 15 is 0 Å².